The highest BCUT2D eigenvalue weighted by Crippen LogP contribution is 3.02. The second-order valence-electron chi connectivity index (χ2n) is 7.33. The smallest absolute Gasteiger partial charge is 0.304 e. The lowest BCUT2D eigenvalue weighted by molar-refractivity contribution is -0.137. The van der Waals surface area contributed by atoms with Crippen molar-refractivity contribution in [3.63, 3.8) is 0 Å². The Morgan fingerprint density at radius 3 is 1.94 bits per heavy atom. The molecule has 1 aliphatic heterocycles. The van der Waals surface area contributed by atoms with Crippen LogP contribution in [0.5, 0.6) is 0 Å². The van der Waals surface area contributed by atoms with Crippen molar-refractivity contribution in [1.29, 1.82) is 0 Å². The molecule has 0 bridgehead atoms. The number of hydrogen-bond acceptors (Lipinski definition) is 2. The van der Waals surface area contributed by atoms with Gasteiger partial charge in [-0.3, -0.25) is 9.69 Å². The van der Waals surface area contributed by atoms with Crippen LogP contribution in [0.2, 0.25) is 0 Å². The largest absolute Gasteiger partial charge is 0.416 e. The molecule has 0 N–H and O–H groups in total. The monoisotopic (exact) mass is 490 g/mol. The highest BCUT2D eigenvalue weighted by atomic mass is 32.5. The van der Waals surface area contributed by atoms with Gasteiger partial charge in [0.25, 0.3) is 5.91 Å². The van der Waals surface area contributed by atoms with Crippen LogP contribution in [0.3, 0.4) is 0 Å². The topological polar surface area (TPSA) is 23.6 Å². The van der Waals surface area contributed by atoms with Crippen molar-refractivity contribution in [2.75, 3.05) is 9.80 Å². The summed E-state index contributed by atoms with van der Waals surface area (Å²) in [4.78, 5) is 12.5. The van der Waals surface area contributed by atoms with Crippen LogP contribution >= 0.6 is 22.4 Å². The van der Waals surface area contributed by atoms with Crippen LogP contribution in [0.25, 0.3) is 0 Å². The number of nitrogens with zero attached hydrogens (tertiary/aromatic N) is 2. The van der Waals surface area contributed by atoms with Crippen LogP contribution < -0.4 is 9.80 Å². The predicted molar refractivity (Wildman–Crippen MR) is 106 cm³/mol. The van der Waals surface area contributed by atoms with E-state index in [9.17, 15) is 37.4 Å². The lowest BCUT2D eigenvalue weighted by Crippen LogP contribution is -2.44. The second-order valence-corrected chi connectivity index (χ2v) is 10.1. The summed E-state index contributed by atoms with van der Waals surface area (Å²) in [5.74, 6) is -0.836. The van der Waals surface area contributed by atoms with E-state index in [2.05, 4.69) is 0 Å². The van der Waals surface area contributed by atoms with Gasteiger partial charge in [0.15, 0.2) is 5.11 Å². The van der Waals surface area contributed by atoms with Crippen molar-refractivity contribution in [3.8, 4) is 0 Å². The number of rotatable bonds is 3. The first-order chi connectivity index (χ1) is 13.7. The Hall–Kier alpha value is -2.41. The first-order valence-electron chi connectivity index (χ1n) is 8.44. The molecule has 3 nitrogen and oxygen atoms in total. The fraction of sp³-hybridized carbons (Fsp3) is 0.222. The van der Waals surface area contributed by atoms with Crippen LogP contribution in [0.1, 0.15) is 19.4 Å². The summed E-state index contributed by atoms with van der Waals surface area (Å²) >= 11 is 5.20. The number of carbonyl (C=O) groups is 1. The standard InChI is InChI=1S/C18H14F8N2OS2/c1-17(2)15(29)27(13-4-3-5-14(10-13)31(22,23,24,25)26)16(30)28(17)12-8-6-11(7-9-12)18(19,20)21/h3-10H,1-2H3. The molecule has 0 saturated carbocycles. The molecule has 1 amide bonds. The zero-order chi connectivity index (χ0) is 23.7. The SMILES string of the molecule is CC1(C)C(=O)N(c2cccc(S(F)(F)(F)(F)F)c2)C(=S)N1c1ccc(C(F)(F)F)cc1. The number of carbonyl (C=O) groups excluding carboxylic acids is 1. The van der Waals surface area contributed by atoms with Gasteiger partial charge in [0, 0.05) is 5.69 Å². The molecular weight excluding hydrogens is 476 g/mol. The summed E-state index contributed by atoms with van der Waals surface area (Å²) in [6.45, 7) is 2.71. The van der Waals surface area contributed by atoms with Crippen LogP contribution in [0, 0.1) is 0 Å². The van der Waals surface area contributed by atoms with Crippen molar-refractivity contribution in [3.05, 3.63) is 54.1 Å². The fourth-order valence-corrected chi connectivity index (χ4v) is 4.32. The van der Waals surface area contributed by atoms with E-state index in [-0.39, 0.29) is 22.9 Å². The summed E-state index contributed by atoms with van der Waals surface area (Å²) in [6, 6.07) is 5.66. The summed E-state index contributed by atoms with van der Waals surface area (Å²) in [6.07, 6.45) is -4.60. The van der Waals surface area contributed by atoms with Gasteiger partial charge in [-0.05, 0) is 68.5 Å². The minimum atomic E-state index is -10.0. The van der Waals surface area contributed by atoms with Gasteiger partial charge in [0.05, 0.1) is 11.3 Å². The first-order valence-corrected chi connectivity index (χ1v) is 10.8. The molecule has 1 heterocycles. The molecule has 170 valence electrons. The molecule has 1 fully saturated rings. The third-order valence-corrected chi connectivity index (χ3v) is 6.15. The molecular formula is C18H14F8N2OS2. The minimum absolute atomic E-state index is 0.0720. The second kappa shape index (κ2) is 6.09. The number of benzene rings is 2. The van der Waals surface area contributed by atoms with E-state index in [1.54, 1.807) is 0 Å². The number of anilines is 2. The highest BCUT2D eigenvalue weighted by Gasteiger charge is 2.65. The molecule has 2 aromatic carbocycles. The van der Waals surface area contributed by atoms with Gasteiger partial charge in [-0.1, -0.05) is 25.5 Å². The number of alkyl halides is 3. The van der Waals surface area contributed by atoms with Gasteiger partial charge in [-0.15, -0.1) is 0 Å². The van der Waals surface area contributed by atoms with Crippen LogP contribution in [-0.4, -0.2) is 16.6 Å². The highest BCUT2D eigenvalue weighted by molar-refractivity contribution is 8.45. The van der Waals surface area contributed by atoms with E-state index in [0.29, 0.717) is 11.0 Å². The lowest BCUT2D eigenvalue weighted by Gasteiger charge is -2.40. The van der Waals surface area contributed by atoms with Crippen LogP contribution in [-0.2, 0) is 11.0 Å². The number of hydrogen-bond donors (Lipinski definition) is 0. The van der Waals surface area contributed by atoms with E-state index in [1.165, 1.54) is 13.8 Å². The van der Waals surface area contributed by atoms with Crippen LogP contribution in [0.4, 0.5) is 44.0 Å². The maximum Gasteiger partial charge on any atom is 0.416 e. The third-order valence-electron chi connectivity index (χ3n) is 4.64. The average Bonchev–Trinajstić information content (AvgIpc) is 2.77. The molecule has 0 spiro atoms. The van der Waals surface area contributed by atoms with E-state index >= 15 is 0 Å². The molecule has 2 aromatic rings. The summed E-state index contributed by atoms with van der Waals surface area (Å²) in [5, 5.41) is -0.367. The summed E-state index contributed by atoms with van der Waals surface area (Å²) in [7, 11) is -10.0. The van der Waals surface area contributed by atoms with Crippen molar-refractivity contribution >= 4 is 44.8 Å². The fourth-order valence-electron chi connectivity index (χ4n) is 3.12. The number of amides is 1. The molecule has 0 aromatic heterocycles. The van der Waals surface area contributed by atoms with Crippen molar-refractivity contribution in [1.82, 2.24) is 0 Å². The molecule has 31 heavy (non-hydrogen) atoms. The summed E-state index contributed by atoms with van der Waals surface area (Å²) in [5.41, 5.74) is -2.93. The number of halogens is 8. The molecule has 0 aliphatic carbocycles. The molecule has 3 rings (SSSR count). The Kier molecular flexibility index (Phi) is 4.57. The van der Waals surface area contributed by atoms with E-state index in [0.717, 1.165) is 35.2 Å². The Morgan fingerprint density at radius 1 is 0.903 bits per heavy atom. The van der Waals surface area contributed by atoms with Gasteiger partial charge >= 0.3 is 16.4 Å². The maximum absolute atomic E-state index is 13.2. The van der Waals surface area contributed by atoms with Gasteiger partial charge in [0.2, 0.25) is 0 Å². The van der Waals surface area contributed by atoms with E-state index in [1.807, 2.05) is 0 Å². The predicted octanol–water partition coefficient (Wildman–Crippen LogP) is 7.28. The Labute approximate surface area is 177 Å². The van der Waals surface area contributed by atoms with E-state index < -0.39 is 44.0 Å². The average molecular weight is 490 g/mol. The van der Waals surface area contributed by atoms with Crippen LogP contribution in [0.15, 0.2) is 53.4 Å². The normalized spacial score (nSPS) is 19.4. The summed E-state index contributed by atoms with van der Waals surface area (Å²) < 4.78 is 104. The zero-order valence-electron chi connectivity index (χ0n) is 15.8. The van der Waals surface area contributed by atoms with Crippen molar-refractivity contribution < 1.29 is 37.4 Å². The molecule has 1 aliphatic rings. The van der Waals surface area contributed by atoms with Gasteiger partial charge in [-0.25, -0.2) is 0 Å². The Bertz CT molecular complexity index is 1080. The van der Waals surface area contributed by atoms with Crippen molar-refractivity contribution in [2.45, 2.75) is 30.5 Å². The Balaban J connectivity index is 2.07. The number of thiocarbonyl (C=S) groups is 1. The van der Waals surface area contributed by atoms with Gasteiger partial charge in [0.1, 0.15) is 10.4 Å². The van der Waals surface area contributed by atoms with Gasteiger partial charge < -0.3 is 4.90 Å². The quantitative estimate of drug-likeness (QED) is 0.334. The minimum Gasteiger partial charge on any atom is -0.304 e. The molecule has 0 radical (unpaired) electrons. The molecule has 0 unspecified atom stereocenters. The third kappa shape index (κ3) is 4.20. The molecule has 1 saturated heterocycles. The molecule has 0 atom stereocenters. The Morgan fingerprint density at radius 2 is 1.45 bits per heavy atom. The maximum atomic E-state index is 13.2. The van der Waals surface area contributed by atoms with Crippen molar-refractivity contribution in [2.24, 2.45) is 0 Å². The van der Waals surface area contributed by atoms with E-state index in [4.69, 9.17) is 12.2 Å². The molecule has 13 heteroatoms. The zero-order valence-corrected chi connectivity index (χ0v) is 17.4. The van der Waals surface area contributed by atoms with Gasteiger partial charge in [-0.2, -0.15) is 13.2 Å². The lowest BCUT2D eigenvalue weighted by atomic mass is 10.0. The first kappa shape index (κ1) is 23.3.